The highest BCUT2D eigenvalue weighted by molar-refractivity contribution is 5.77. The summed E-state index contributed by atoms with van der Waals surface area (Å²) < 4.78 is 44.0. The van der Waals surface area contributed by atoms with Gasteiger partial charge in [-0.05, 0) is 38.5 Å². The van der Waals surface area contributed by atoms with Crippen LogP contribution in [0.2, 0.25) is 0 Å². The number of nitrogens with one attached hydrogen (secondary N) is 2. The molecule has 1 aliphatic rings. The van der Waals surface area contributed by atoms with E-state index in [1.54, 1.807) is 4.57 Å². The number of fused-ring (bicyclic) bond motifs is 1. The second-order valence-electron chi connectivity index (χ2n) is 9.19. The fraction of sp³-hybridized carbons (Fsp3) is 0.500. The number of nitrogens with zero attached hydrogens (tertiary/aromatic N) is 4. The van der Waals surface area contributed by atoms with Gasteiger partial charge < -0.3 is 21.5 Å². The smallest absolute Gasteiger partial charge is 0.224 e. The lowest BCUT2D eigenvalue weighted by Gasteiger charge is -2.26. The molecule has 1 fully saturated rings. The molecule has 0 bridgehead atoms. The number of imidazole rings is 1. The summed E-state index contributed by atoms with van der Waals surface area (Å²) in [6.07, 6.45) is 6.02. The number of hydrogen-bond donors (Lipinski definition) is 4. The highest BCUT2D eigenvalue weighted by Gasteiger charge is 2.25. The van der Waals surface area contributed by atoms with Crippen LogP contribution in [0.3, 0.4) is 0 Å². The van der Waals surface area contributed by atoms with Gasteiger partial charge in [0.1, 0.15) is 17.0 Å². The number of carbonyl (C=O) groups is 1. The van der Waals surface area contributed by atoms with Gasteiger partial charge in [0.15, 0.2) is 17.3 Å². The Bertz CT molecular complexity index is 1210. The van der Waals surface area contributed by atoms with Gasteiger partial charge in [-0.15, -0.1) is 0 Å². The topological polar surface area (TPSA) is 131 Å². The number of hydrogen-bond acceptors (Lipinski definition) is 7. The Balaban J connectivity index is 1.77. The van der Waals surface area contributed by atoms with E-state index < -0.39 is 29.0 Å². The predicted octanol–water partition coefficient (Wildman–Crippen LogP) is 4.31. The van der Waals surface area contributed by atoms with Crippen molar-refractivity contribution >= 4 is 34.7 Å². The zero-order valence-electron chi connectivity index (χ0n) is 20.0. The molecule has 12 heteroatoms. The number of aliphatic hydroxyl groups excluding tert-OH is 1. The first-order valence-corrected chi connectivity index (χ1v) is 12.1. The van der Waals surface area contributed by atoms with Crippen molar-refractivity contribution in [2.24, 2.45) is 5.73 Å². The van der Waals surface area contributed by atoms with E-state index in [0.717, 1.165) is 25.7 Å². The van der Waals surface area contributed by atoms with Crippen LogP contribution in [0.5, 0.6) is 0 Å². The van der Waals surface area contributed by atoms with Crippen LogP contribution in [-0.4, -0.2) is 42.7 Å². The molecule has 2 heterocycles. The minimum Gasteiger partial charge on any atom is -0.393 e. The lowest BCUT2D eigenvalue weighted by atomic mass is 9.93. The highest BCUT2D eigenvalue weighted by atomic mass is 19.1. The minimum atomic E-state index is -1.11. The van der Waals surface area contributed by atoms with Crippen molar-refractivity contribution in [2.75, 3.05) is 10.6 Å². The molecule has 0 saturated heterocycles. The number of amides is 1. The molecule has 3 atom stereocenters. The quantitative estimate of drug-likeness (QED) is 0.323. The molecule has 0 spiro atoms. The molecule has 9 nitrogen and oxygen atoms in total. The van der Waals surface area contributed by atoms with Gasteiger partial charge in [-0.3, -0.25) is 9.36 Å². The SMILES string of the molecule is CCC[C@H](CCC(N)=O)n1c(Nc2c(F)cc(F)cc2F)nc2cnc(N[C@H]3CCC[C@H](O)C3)nc21. The summed E-state index contributed by atoms with van der Waals surface area (Å²) in [7, 11) is 0. The standard InChI is InChI=1S/C24H30F3N7O2/c1-2-4-15(7-8-20(28)36)34-22-19(12-29-23(33-22)30-14-5-3-6-16(35)11-14)31-24(34)32-21-17(26)9-13(25)10-18(21)27/h9-10,12,14-16,35H,2-8,11H2,1H3,(H2,28,36)(H,31,32)(H,29,30,33)/t14-,15+,16-/m0/s1. The number of aliphatic hydroxyl groups is 1. The van der Waals surface area contributed by atoms with E-state index in [9.17, 15) is 23.1 Å². The molecule has 1 saturated carbocycles. The van der Waals surface area contributed by atoms with Crippen molar-refractivity contribution in [1.29, 1.82) is 0 Å². The second kappa shape index (κ2) is 11.1. The molecule has 0 unspecified atom stereocenters. The van der Waals surface area contributed by atoms with Crippen LogP contribution in [0, 0.1) is 17.5 Å². The van der Waals surface area contributed by atoms with Crippen molar-refractivity contribution in [1.82, 2.24) is 19.5 Å². The maximum absolute atomic E-state index is 14.4. The van der Waals surface area contributed by atoms with Crippen LogP contribution in [-0.2, 0) is 4.79 Å². The van der Waals surface area contributed by atoms with Gasteiger partial charge >= 0.3 is 0 Å². The number of anilines is 3. The zero-order valence-corrected chi connectivity index (χ0v) is 20.0. The normalized spacial score (nSPS) is 18.8. The highest BCUT2D eigenvalue weighted by Crippen LogP contribution is 2.33. The van der Waals surface area contributed by atoms with Crippen molar-refractivity contribution in [3.05, 3.63) is 35.8 Å². The van der Waals surface area contributed by atoms with Crippen molar-refractivity contribution in [2.45, 2.75) is 76.5 Å². The Morgan fingerprint density at radius 1 is 1.22 bits per heavy atom. The fourth-order valence-electron chi connectivity index (χ4n) is 4.69. The number of benzene rings is 1. The van der Waals surface area contributed by atoms with Gasteiger partial charge in [0, 0.05) is 30.6 Å². The number of nitrogens with two attached hydrogens (primary N) is 1. The Morgan fingerprint density at radius 2 is 1.97 bits per heavy atom. The third-order valence-electron chi connectivity index (χ3n) is 6.37. The van der Waals surface area contributed by atoms with E-state index in [0.29, 0.717) is 48.5 Å². The first kappa shape index (κ1) is 25.7. The molecule has 0 aliphatic heterocycles. The maximum atomic E-state index is 14.4. The monoisotopic (exact) mass is 505 g/mol. The van der Waals surface area contributed by atoms with E-state index in [-0.39, 0.29) is 30.6 Å². The molecular formula is C24H30F3N7O2. The molecule has 4 rings (SSSR count). The van der Waals surface area contributed by atoms with Crippen molar-refractivity contribution in [3.63, 3.8) is 0 Å². The van der Waals surface area contributed by atoms with Crippen molar-refractivity contribution in [3.8, 4) is 0 Å². The maximum Gasteiger partial charge on any atom is 0.224 e. The lowest BCUT2D eigenvalue weighted by molar-refractivity contribution is -0.118. The van der Waals surface area contributed by atoms with Crippen LogP contribution in [0.25, 0.3) is 11.2 Å². The number of rotatable bonds is 10. The van der Waals surface area contributed by atoms with Gasteiger partial charge in [-0.1, -0.05) is 13.3 Å². The van der Waals surface area contributed by atoms with Crippen LogP contribution < -0.4 is 16.4 Å². The second-order valence-corrected chi connectivity index (χ2v) is 9.19. The number of carbonyl (C=O) groups excluding carboxylic acids is 1. The number of aromatic nitrogens is 4. The largest absolute Gasteiger partial charge is 0.393 e. The Hall–Kier alpha value is -3.41. The van der Waals surface area contributed by atoms with E-state index in [2.05, 4.69) is 25.6 Å². The molecule has 5 N–H and O–H groups in total. The molecule has 1 aliphatic carbocycles. The van der Waals surface area contributed by atoms with Gasteiger partial charge in [-0.2, -0.15) is 4.98 Å². The third-order valence-corrected chi connectivity index (χ3v) is 6.37. The van der Waals surface area contributed by atoms with E-state index >= 15 is 0 Å². The van der Waals surface area contributed by atoms with Crippen LogP contribution in [0.15, 0.2) is 18.3 Å². The van der Waals surface area contributed by atoms with Gasteiger partial charge in [0.05, 0.1) is 12.3 Å². The zero-order chi connectivity index (χ0) is 25.8. The summed E-state index contributed by atoms with van der Waals surface area (Å²) in [6, 6.07) is 0.843. The Morgan fingerprint density at radius 3 is 2.64 bits per heavy atom. The molecule has 194 valence electrons. The molecule has 1 aromatic carbocycles. The molecular weight excluding hydrogens is 475 g/mol. The van der Waals surface area contributed by atoms with Crippen LogP contribution >= 0.6 is 0 Å². The summed E-state index contributed by atoms with van der Waals surface area (Å²) >= 11 is 0. The van der Waals surface area contributed by atoms with Crippen molar-refractivity contribution < 1.29 is 23.1 Å². The summed E-state index contributed by atoms with van der Waals surface area (Å²) in [4.78, 5) is 25.0. The van der Waals surface area contributed by atoms with E-state index in [1.807, 2.05) is 6.92 Å². The average Bonchev–Trinajstić information content (AvgIpc) is 3.16. The summed E-state index contributed by atoms with van der Waals surface area (Å²) in [6.45, 7) is 1.97. The molecule has 3 aromatic rings. The molecule has 2 aromatic heterocycles. The fourth-order valence-corrected chi connectivity index (χ4v) is 4.69. The first-order valence-electron chi connectivity index (χ1n) is 12.1. The molecule has 36 heavy (non-hydrogen) atoms. The molecule has 0 radical (unpaired) electrons. The summed E-state index contributed by atoms with van der Waals surface area (Å²) in [5, 5.41) is 15.9. The predicted molar refractivity (Wildman–Crippen MR) is 129 cm³/mol. The number of primary amides is 1. The lowest BCUT2D eigenvalue weighted by Crippen LogP contribution is -2.30. The van der Waals surface area contributed by atoms with E-state index in [4.69, 9.17) is 5.73 Å². The minimum absolute atomic E-state index is 0.00359. The number of halogens is 3. The van der Waals surface area contributed by atoms with Crippen LogP contribution in [0.4, 0.5) is 30.8 Å². The van der Waals surface area contributed by atoms with Gasteiger partial charge in [-0.25, -0.2) is 23.1 Å². The average molecular weight is 506 g/mol. The summed E-state index contributed by atoms with van der Waals surface area (Å²) in [5.74, 6) is -3.32. The Kier molecular flexibility index (Phi) is 7.92. The molecule has 1 amide bonds. The van der Waals surface area contributed by atoms with Crippen LogP contribution in [0.1, 0.15) is 64.3 Å². The van der Waals surface area contributed by atoms with Gasteiger partial charge in [0.25, 0.3) is 0 Å². The first-order chi connectivity index (χ1) is 17.2. The third kappa shape index (κ3) is 5.86. The van der Waals surface area contributed by atoms with Gasteiger partial charge in [0.2, 0.25) is 17.8 Å². The summed E-state index contributed by atoms with van der Waals surface area (Å²) in [5.41, 5.74) is 5.60. The van der Waals surface area contributed by atoms with E-state index in [1.165, 1.54) is 6.20 Å². The Labute approximate surface area is 206 Å².